The lowest BCUT2D eigenvalue weighted by molar-refractivity contribution is 0.109. The summed E-state index contributed by atoms with van der Waals surface area (Å²) in [6, 6.07) is 19.0. The number of piperidine rings is 1. The molecular formula is C22H22N4O3. The van der Waals surface area contributed by atoms with Gasteiger partial charge in [-0.1, -0.05) is 54.6 Å². The summed E-state index contributed by atoms with van der Waals surface area (Å²) in [6.45, 7) is 0.716. The van der Waals surface area contributed by atoms with Crippen LogP contribution in [0.25, 0.3) is 10.8 Å². The number of aromatic nitrogens is 1. The second-order valence-electron chi connectivity index (χ2n) is 7.18. The standard InChI is InChI=1S/C22H22N4O3/c27-20(24-19-18-9-5-4-6-16(18)10-13-23-19)25-22(17-7-2-1-3-8-17)11-14-26(15-12-22)21(28)29/h1-10,13H,11-12,14-15H2,(H,28,29)(H2,23,24,25,27). The van der Waals surface area contributed by atoms with Crippen molar-refractivity contribution in [1.29, 1.82) is 0 Å². The molecule has 148 valence electrons. The molecule has 0 unspecified atom stereocenters. The molecule has 1 aliphatic heterocycles. The minimum absolute atomic E-state index is 0.358. The van der Waals surface area contributed by atoms with Gasteiger partial charge in [0.15, 0.2) is 0 Å². The van der Waals surface area contributed by atoms with Crippen LogP contribution in [-0.2, 0) is 5.54 Å². The van der Waals surface area contributed by atoms with Gasteiger partial charge in [-0.25, -0.2) is 14.6 Å². The highest BCUT2D eigenvalue weighted by molar-refractivity contribution is 5.99. The predicted octanol–water partition coefficient (Wildman–Crippen LogP) is 4.03. The third kappa shape index (κ3) is 3.85. The van der Waals surface area contributed by atoms with E-state index in [0.717, 1.165) is 16.3 Å². The summed E-state index contributed by atoms with van der Waals surface area (Å²) in [5.74, 6) is 0.492. The molecule has 1 aromatic heterocycles. The third-order valence-electron chi connectivity index (χ3n) is 5.47. The van der Waals surface area contributed by atoms with Crippen LogP contribution in [0.3, 0.4) is 0 Å². The van der Waals surface area contributed by atoms with Gasteiger partial charge in [0.2, 0.25) is 0 Å². The van der Waals surface area contributed by atoms with Crippen molar-refractivity contribution >= 4 is 28.7 Å². The number of nitrogens with one attached hydrogen (secondary N) is 2. The summed E-state index contributed by atoms with van der Waals surface area (Å²) in [4.78, 5) is 29.9. The topological polar surface area (TPSA) is 94.6 Å². The quantitative estimate of drug-likeness (QED) is 0.629. The highest BCUT2D eigenvalue weighted by atomic mass is 16.4. The van der Waals surface area contributed by atoms with E-state index >= 15 is 0 Å². The molecule has 0 radical (unpaired) electrons. The summed E-state index contributed by atoms with van der Waals surface area (Å²) in [5.41, 5.74) is 0.327. The van der Waals surface area contributed by atoms with Crippen LogP contribution in [0.4, 0.5) is 15.4 Å². The Bertz CT molecular complexity index is 1030. The number of hydrogen-bond acceptors (Lipinski definition) is 3. The molecular weight excluding hydrogens is 368 g/mol. The number of pyridine rings is 1. The van der Waals surface area contributed by atoms with Crippen LogP contribution in [0.15, 0.2) is 66.9 Å². The molecule has 0 atom stereocenters. The van der Waals surface area contributed by atoms with Crippen LogP contribution in [0.2, 0.25) is 0 Å². The van der Waals surface area contributed by atoms with Gasteiger partial charge in [0.25, 0.3) is 0 Å². The molecule has 2 aromatic carbocycles. The van der Waals surface area contributed by atoms with E-state index in [0.29, 0.717) is 31.7 Å². The average molecular weight is 390 g/mol. The van der Waals surface area contributed by atoms with Crippen molar-refractivity contribution in [2.24, 2.45) is 0 Å². The van der Waals surface area contributed by atoms with Crippen molar-refractivity contribution in [3.8, 4) is 0 Å². The van der Waals surface area contributed by atoms with Crippen LogP contribution < -0.4 is 10.6 Å². The summed E-state index contributed by atoms with van der Waals surface area (Å²) in [5, 5.41) is 17.1. The molecule has 0 saturated carbocycles. The van der Waals surface area contributed by atoms with Gasteiger partial charge in [0.05, 0.1) is 5.54 Å². The number of carboxylic acid groups (broad SMARTS) is 1. The minimum Gasteiger partial charge on any atom is -0.465 e. The Kier molecular flexibility index (Phi) is 5.03. The third-order valence-corrected chi connectivity index (χ3v) is 5.47. The molecule has 1 fully saturated rings. The SMILES string of the molecule is O=C(Nc1nccc2ccccc12)NC1(c2ccccc2)CCN(C(=O)O)CC1. The Morgan fingerprint density at radius 1 is 0.966 bits per heavy atom. The molecule has 3 amide bonds. The molecule has 29 heavy (non-hydrogen) atoms. The minimum atomic E-state index is -0.934. The Hall–Kier alpha value is -3.61. The Morgan fingerprint density at radius 3 is 2.38 bits per heavy atom. The van der Waals surface area contributed by atoms with Gasteiger partial charge >= 0.3 is 12.1 Å². The molecule has 0 bridgehead atoms. The molecule has 1 saturated heterocycles. The molecule has 0 aliphatic carbocycles. The van der Waals surface area contributed by atoms with Crippen LogP contribution >= 0.6 is 0 Å². The van der Waals surface area contributed by atoms with Crippen LogP contribution in [0.1, 0.15) is 18.4 Å². The van der Waals surface area contributed by atoms with Crippen LogP contribution in [0, 0.1) is 0 Å². The van der Waals surface area contributed by atoms with Gasteiger partial charge < -0.3 is 15.3 Å². The van der Waals surface area contributed by atoms with Crippen LogP contribution in [0.5, 0.6) is 0 Å². The van der Waals surface area contributed by atoms with Gasteiger partial charge in [0, 0.05) is 24.7 Å². The number of hydrogen-bond donors (Lipinski definition) is 3. The number of carbonyl (C=O) groups is 2. The Balaban J connectivity index is 1.58. The van der Waals surface area contributed by atoms with E-state index in [9.17, 15) is 14.7 Å². The lowest BCUT2D eigenvalue weighted by Crippen LogP contribution is -2.54. The van der Waals surface area contributed by atoms with Gasteiger partial charge in [-0.05, 0) is 29.9 Å². The van der Waals surface area contributed by atoms with Crippen molar-refractivity contribution in [3.05, 3.63) is 72.4 Å². The van der Waals surface area contributed by atoms with E-state index in [2.05, 4.69) is 15.6 Å². The smallest absolute Gasteiger partial charge is 0.407 e. The predicted molar refractivity (Wildman–Crippen MR) is 111 cm³/mol. The number of anilines is 1. The second-order valence-corrected chi connectivity index (χ2v) is 7.18. The van der Waals surface area contributed by atoms with E-state index in [-0.39, 0.29) is 6.03 Å². The van der Waals surface area contributed by atoms with Gasteiger partial charge in [-0.2, -0.15) is 0 Å². The number of carbonyl (C=O) groups excluding carboxylic acids is 1. The maximum Gasteiger partial charge on any atom is 0.407 e. The first-order chi connectivity index (χ1) is 14.1. The maximum atomic E-state index is 12.9. The lowest BCUT2D eigenvalue weighted by Gasteiger charge is -2.41. The lowest BCUT2D eigenvalue weighted by atomic mass is 9.81. The summed E-state index contributed by atoms with van der Waals surface area (Å²) in [6.07, 6.45) is 1.73. The number of benzene rings is 2. The highest BCUT2D eigenvalue weighted by Crippen LogP contribution is 2.33. The van der Waals surface area contributed by atoms with Crippen molar-refractivity contribution in [1.82, 2.24) is 15.2 Å². The number of likely N-dealkylation sites (tertiary alicyclic amines) is 1. The summed E-state index contributed by atoms with van der Waals surface area (Å²) in [7, 11) is 0. The van der Waals surface area contributed by atoms with E-state index in [1.54, 1.807) is 6.20 Å². The zero-order valence-corrected chi connectivity index (χ0v) is 15.8. The Labute approximate surface area is 168 Å². The first kappa shape index (κ1) is 18.7. The van der Waals surface area contributed by atoms with Crippen molar-refractivity contribution in [3.63, 3.8) is 0 Å². The number of urea groups is 1. The summed E-state index contributed by atoms with van der Waals surface area (Å²) < 4.78 is 0. The number of fused-ring (bicyclic) bond motifs is 1. The molecule has 4 rings (SSSR count). The van der Waals surface area contributed by atoms with E-state index in [4.69, 9.17) is 0 Å². The van der Waals surface area contributed by atoms with Gasteiger partial charge in [-0.15, -0.1) is 0 Å². The summed E-state index contributed by atoms with van der Waals surface area (Å²) >= 11 is 0. The monoisotopic (exact) mass is 390 g/mol. The Morgan fingerprint density at radius 2 is 1.66 bits per heavy atom. The zero-order valence-electron chi connectivity index (χ0n) is 15.8. The van der Waals surface area contributed by atoms with Crippen molar-refractivity contribution in [2.75, 3.05) is 18.4 Å². The first-order valence-corrected chi connectivity index (χ1v) is 9.54. The second kappa shape index (κ2) is 7.79. The van der Waals surface area contributed by atoms with Gasteiger partial charge in [-0.3, -0.25) is 5.32 Å². The number of rotatable bonds is 3. The molecule has 7 heteroatoms. The zero-order chi connectivity index (χ0) is 20.3. The highest BCUT2D eigenvalue weighted by Gasteiger charge is 2.38. The average Bonchev–Trinajstić information content (AvgIpc) is 2.75. The maximum absolute atomic E-state index is 12.9. The van der Waals surface area contributed by atoms with E-state index in [1.807, 2.05) is 60.7 Å². The first-order valence-electron chi connectivity index (χ1n) is 9.54. The van der Waals surface area contributed by atoms with E-state index < -0.39 is 11.6 Å². The fraction of sp³-hybridized carbons (Fsp3) is 0.227. The van der Waals surface area contributed by atoms with Crippen molar-refractivity contribution < 1.29 is 14.7 Å². The van der Waals surface area contributed by atoms with Crippen LogP contribution in [-0.4, -0.2) is 40.2 Å². The molecule has 1 aliphatic rings. The largest absolute Gasteiger partial charge is 0.465 e. The van der Waals surface area contributed by atoms with Crippen molar-refractivity contribution in [2.45, 2.75) is 18.4 Å². The molecule has 0 spiro atoms. The van der Waals surface area contributed by atoms with E-state index in [1.165, 1.54) is 4.90 Å². The fourth-order valence-corrected chi connectivity index (χ4v) is 3.90. The fourth-order valence-electron chi connectivity index (χ4n) is 3.90. The molecule has 2 heterocycles. The normalized spacial score (nSPS) is 15.7. The number of nitrogens with zero attached hydrogens (tertiary/aromatic N) is 2. The molecule has 3 aromatic rings. The molecule has 3 N–H and O–H groups in total. The van der Waals surface area contributed by atoms with Gasteiger partial charge in [0.1, 0.15) is 5.82 Å². The molecule has 7 nitrogen and oxygen atoms in total. The number of amides is 3.